The van der Waals surface area contributed by atoms with Crippen LogP contribution in [0, 0.1) is 0 Å². The molecular formula is C24H25N3O4. The molecule has 3 aliphatic heterocycles. The van der Waals surface area contributed by atoms with E-state index in [1.165, 1.54) is 0 Å². The molecule has 6 rings (SSSR count). The number of benzene rings is 1. The van der Waals surface area contributed by atoms with Crippen molar-refractivity contribution in [2.24, 2.45) is 0 Å². The number of aliphatic hydroxyl groups is 1. The molecule has 2 aromatic rings. The quantitative estimate of drug-likeness (QED) is 0.766. The summed E-state index contributed by atoms with van der Waals surface area (Å²) in [5, 5.41) is 9.76. The first-order valence-electron chi connectivity index (χ1n) is 11.0. The SMILES string of the molecule is O=C1OC2(CCN(C(=O)C3(c4ccc(N5CCC(O)C5)nc4)CC3)C2)c2ccccc21. The summed E-state index contributed by atoms with van der Waals surface area (Å²) < 4.78 is 5.81. The van der Waals surface area contributed by atoms with E-state index in [4.69, 9.17) is 4.74 Å². The summed E-state index contributed by atoms with van der Waals surface area (Å²) in [7, 11) is 0. The predicted octanol–water partition coefficient (Wildman–Crippen LogP) is 1.98. The van der Waals surface area contributed by atoms with Gasteiger partial charge in [0.05, 0.1) is 23.6 Å². The number of nitrogens with zero attached hydrogens (tertiary/aromatic N) is 3. The highest BCUT2D eigenvalue weighted by molar-refractivity contribution is 5.96. The number of aromatic nitrogens is 1. The molecule has 31 heavy (non-hydrogen) atoms. The second-order valence-corrected chi connectivity index (χ2v) is 9.28. The van der Waals surface area contributed by atoms with Crippen LogP contribution in [0.3, 0.4) is 0 Å². The number of fused-ring (bicyclic) bond motifs is 2. The number of hydrogen-bond donors (Lipinski definition) is 1. The number of rotatable bonds is 3. The second kappa shape index (κ2) is 6.53. The van der Waals surface area contributed by atoms with Gasteiger partial charge in [-0.25, -0.2) is 9.78 Å². The van der Waals surface area contributed by atoms with Crippen LogP contribution in [0.2, 0.25) is 0 Å². The van der Waals surface area contributed by atoms with Gasteiger partial charge in [0.25, 0.3) is 0 Å². The van der Waals surface area contributed by atoms with Crippen LogP contribution in [-0.4, -0.2) is 59.1 Å². The molecule has 1 saturated carbocycles. The molecule has 0 radical (unpaired) electrons. The Bertz CT molecular complexity index is 1060. The van der Waals surface area contributed by atoms with Gasteiger partial charge in [-0.3, -0.25) is 4.79 Å². The Labute approximate surface area is 180 Å². The van der Waals surface area contributed by atoms with Gasteiger partial charge >= 0.3 is 5.97 Å². The lowest BCUT2D eigenvalue weighted by Gasteiger charge is -2.27. The summed E-state index contributed by atoms with van der Waals surface area (Å²) in [5.74, 6) is 0.659. The number of carbonyl (C=O) groups is 2. The maximum atomic E-state index is 13.6. The van der Waals surface area contributed by atoms with Gasteiger partial charge in [-0.2, -0.15) is 0 Å². The minimum atomic E-state index is -0.710. The van der Waals surface area contributed by atoms with Crippen LogP contribution in [0.4, 0.5) is 5.82 Å². The first-order chi connectivity index (χ1) is 15.0. The number of β-amino-alcohol motifs (C(OH)–C–C–N with tert-alkyl or cyclic N) is 1. The van der Waals surface area contributed by atoms with E-state index in [1.54, 1.807) is 6.07 Å². The Morgan fingerprint density at radius 1 is 1.13 bits per heavy atom. The molecule has 1 N–H and O–H groups in total. The molecule has 0 bridgehead atoms. The fraction of sp³-hybridized carbons (Fsp3) is 0.458. The zero-order valence-corrected chi connectivity index (χ0v) is 17.3. The fourth-order valence-electron chi connectivity index (χ4n) is 5.46. The van der Waals surface area contributed by atoms with Crippen molar-refractivity contribution in [2.75, 3.05) is 31.1 Å². The van der Waals surface area contributed by atoms with Gasteiger partial charge in [-0.15, -0.1) is 0 Å². The molecule has 1 aliphatic carbocycles. The minimum absolute atomic E-state index is 0.107. The van der Waals surface area contributed by atoms with Gasteiger partial charge in [-0.05, 0) is 37.0 Å². The summed E-state index contributed by atoms with van der Waals surface area (Å²) in [4.78, 5) is 34.4. The van der Waals surface area contributed by atoms with Crippen molar-refractivity contribution < 1.29 is 19.4 Å². The van der Waals surface area contributed by atoms with Gasteiger partial charge in [0.15, 0.2) is 5.60 Å². The van der Waals surface area contributed by atoms with Crippen molar-refractivity contribution in [3.8, 4) is 0 Å². The third-order valence-electron chi connectivity index (χ3n) is 7.39. The van der Waals surface area contributed by atoms with Crippen LogP contribution in [0.5, 0.6) is 0 Å². The molecule has 1 spiro atoms. The van der Waals surface area contributed by atoms with E-state index in [1.807, 2.05) is 41.4 Å². The monoisotopic (exact) mass is 419 g/mol. The lowest BCUT2D eigenvalue weighted by atomic mass is 9.91. The molecule has 2 saturated heterocycles. The summed E-state index contributed by atoms with van der Waals surface area (Å²) in [6, 6.07) is 11.5. The van der Waals surface area contributed by atoms with Gasteiger partial charge < -0.3 is 19.6 Å². The van der Waals surface area contributed by atoms with Crippen LogP contribution in [0.15, 0.2) is 42.6 Å². The Morgan fingerprint density at radius 2 is 1.97 bits per heavy atom. The number of likely N-dealkylation sites (tertiary alicyclic amines) is 1. The molecular weight excluding hydrogens is 394 g/mol. The lowest BCUT2D eigenvalue weighted by Crippen LogP contribution is -2.40. The zero-order chi connectivity index (χ0) is 21.2. The predicted molar refractivity (Wildman–Crippen MR) is 113 cm³/mol. The molecule has 2 unspecified atom stereocenters. The molecule has 1 aromatic carbocycles. The molecule has 4 aliphatic rings. The molecule has 7 nitrogen and oxygen atoms in total. The summed E-state index contributed by atoms with van der Waals surface area (Å²) in [5.41, 5.74) is 1.25. The Hall–Kier alpha value is -2.93. The summed E-state index contributed by atoms with van der Waals surface area (Å²) in [6.45, 7) is 2.40. The number of pyridine rings is 1. The molecule has 160 valence electrons. The van der Waals surface area contributed by atoms with Crippen LogP contribution in [-0.2, 0) is 20.5 Å². The van der Waals surface area contributed by atoms with E-state index >= 15 is 0 Å². The van der Waals surface area contributed by atoms with Crippen molar-refractivity contribution in [2.45, 2.75) is 42.8 Å². The van der Waals surface area contributed by atoms with Crippen LogP contribution in [0.25, 0.3) is 0 Å². The van der Waals surface area contributed by atoms with Gasteiger partial charge in [0.2, 0.25) is 5.91 Å². The van der Waals surface area contributed by atoms with Crippen molar-refractivity contribution in [1.82, 2.24) is 9.88 Å². The summed E-state index contributed by atoms with van der Waals surface area (Å²) >= 11 is 0. The van der Waals surface area contributed by atoms with Gasteiger partial charge in [-0.1, -0.05) is 24.3 Å². The zero-order valence-electron chi connectivity index (χ0n) is 17.3. The lowest BCUT2D eigenvalue weighted by molar-refractivity contribution is -0.134. The first-order valence-corrected chi connectivity index (χ1v) is 11.0. The number of ether oxygens (including phenoxy) is 1. The fourth-order valence-corrected chi connectivity index (χ4v) is 5.46. The molecule has 4 heterocycles. The number of anilines is 1. The third-order valence-corrected chi connectivity index (χ3v) is 7.39. The van der Waals surface area contributed by atoms with Crippen molar-refractivity contribution in [1.29, 1.82) is 0 Å². The molecule has 2 atom stereocenters. The van der Waals surface area contributed by atoms with Crippen LogP contribution in [0.1, 0.15) is 47.2 Å². The van der Waals surface area contributed by atoms with E-state index in [0.717, 1.165) is 42.8 Å². The molecule has 1 amide bonds. The largest absolute Gasteiger partial charge is 0.449 e. The maximum Gasteiger partial charge on any atom is 0.339 e. The molecule has 7 heteroatoms. The number of carbonyl (C=O) groups excluding carboxylic acids is 2. The maximum absolute atomic E-state index is 13.6. The van der Waals surface area contributed by atoms with Gasteiger partial charge in [0.1, 0.15) is 5.82 Å². The Kier molecular flexibility index (Phi) is 3.96. The first kappa shape index (κ1) is 18.8. The normalized spacial score (nSPS) is 28.2. The number of hydrogen-bond acceptors (Lipinski definition) is 6. The van der Waals surface area contributed by atoms with Gasteiger partial charge in [0, 0.05) is 37.8 Å². The smallest absolute Gasteiger partial charge is 0.339 e. The number of esters is 1. The van der Waals surface area contributed by atoms with E-state index in [-0.39, 0.29) is 18.0 Å². The average Bonchev–Trinajstić information content (AvgIpc) is 3.17. The van der Waals surface area contributed by atoms with Crippen LogP contribution < -0.4 is 4.90 Å². The van der Waals surface area contributed by atoms with E-state index in [2.05, 4.69) is 9.88 Å². The molecule has 3 fully saturated rings. The van der Waals surface area contributed by atoms with E-state index < -0.39 is 11.0 Å². The minimum Gasteiger partial charge on any atom is -0.449 e. The average molecular weight is 419 g/mol. The van der Waals surface area contributed by atoms with E-state index in [9.17, 15) is 14.7 Å². The second-order valence-electron chi connectivity index (χ2n) is 9.28. The Morgan fingerprint density at radius 3 is 2.68 bits per heavy atom. The van der Waals surface area contributed by atoms with E-state index in [0.29, 0.717) is 31.6 Å². The van der Waals surface area contributed by atoms with Crippen LogP contribution >= 0.6 is 0 Å². The number of amides is 1. The highest BCUT2D eigenvalue weighted by Gasteiger charge is 2.57. The van der Waals surface area contributed by atoms with Crippen molar-refractivity contribution >= 4 is 17.7 Å². The molecule has 1 aromatic heterocycles. The van der Waals surface area contributed by atoms with Crippen molar-refractivity contribution in [3.05, 3.63) is 59.3 Å². The number of aliphatic hydroxyl groups excluding tert-OH is 1. The topological polar surface area (TPSA) is 83.0 Å². The highest BCUT2D eigenvalue weighted by Crippen LogP contribution is 2.52. The third kappa shape index (κ3) is 2.79. The Balaban J connectivity index is 1.22. The standard InChI is InChI=1S/C24H25N3O4/c28-17-7-11-26(14-17)20-6-5-16(13-25-20)23(8-9-23)22(30)27-12-10-24(15-27)19-4-2-1-3-18(19)21(29)31-24/h1-6,13,17,28H,7-12,14-15H2. The summed E-state index contributed by atoms with van der Waals surface area (Å²) in [6.07, 6.45) is 4.55. The van der Waals surface area contributed by atoms with Crippen molar-refractivity contribution in [3.63, 3.8) is 0 Å². The highest BCUT2D eigenvalue weighted by atomic mass is 16.6.